The average Bonchev–Trinajstić information content (AvgIpc) is 2.62. The zero-order valence-electron chi connectivity index (χ0n) is 14.0. The molecular weight excluding hydrogens is 390 g/mol. The van der Waals surface area contributed by atoms with Gasteiger partial charge in [-0.15, -0.1) is 0 Å². The van der Waals surface area contributed by atoms with Crippen LogP contribution in [0, 0.1) is 0 Å². The van der Waals surface area contributed by atoms with E-state index in [4.69, 9.17) is 14.2 Å². The Balaban J connectivity index is 2.03. The van der Waals surface area contributed by atoms with Gasteiger partial charge >= 0.3 is 5.97 Å². The Bertz CT molecular complexity index is 738. The van der Waals surface area contributed by atoms with Crippen molar-refractivity contribution in [3.05, 3.63) is 52.5 Å². The highest BCUT2D eigenvalue weighted by Gasteiger charge is 2.20. The minimum absolute atomic E-state index is 0.236. The second kappa shape index (κ2) is 8.53. The van der Waals surface area contributed by atoms with Crippen LogP contribution in [0.5, 0.6) is 11.5 Å². The fraction of sp³-hybridized carbons (Fsp3) is 0.222. The number of nitrogens with one attached hydrogen (secondary N) is 1. The van der Waals surface area contributed by atoms with Gasteiger partial charge in [0.15, 0.2) is 6.10 Å². The zero-order valence-corrected chi connectivity index (χ0v) is 15.6. The third-order valence-corrected chi connectivity index (χ3v) is 3.88. The monoisotopic (exact) mass is 407 g/mol. The average molecular weight is 408 g/mol. The van der Waals surface area contributed by atoms with Crippen molar-refractivity contribution in [2.45, 2.75) is 13.0 Å². The number of esters is 1. The molecular formula is C18H18BrNO5. The molecule has 2 rings (SSSR count). The van der Waals surface area contributed by atoms with E-state index in [2.05, 4.69) is 21.2 Å². The molecule has 0 bridgehead atoms. The van der Waals surface area contributed by atoms with E-state index in [1.54, 1.807) is 30.3 Å². The number of hydrogen-bond donors (Lipinski definition) is 1. The highest BCUT2D eigenvalue weighted by atomic mass is 79.9. The standard InChI is InChI=1S/C18H18BrNO5/c1-11(17(21)20-14-6-4-13(19)5-7-14)25-18(22)12-8-15(23-2)10-16(9-12)24-3/h4-11H,1-3H3,(H,20,21)/t11-/m0/s1. The number of carbonyl (C=O) groups is 2. The van der Waals surface area contributed by atoms with Crippen molar-refractivity contribution in [3.8, 4) is 11.5 Å². The Morgan fingerprint density at radius 3 is 2.08 bits per heavy atom. The Kier molecular flexibility index (Phi) is 6.41. The summed E-state index contributed by atoms with van der Waals surface area (Å²) in [4.78, 5) is 24.4. The normalized spacial score (nSPS) is 11.4. The maximum atomic E-state index is 12.3. The number of ether oxygens (including phenoxy) is 3. The number of halogens is 1. The fourth-order valence-corrected chi connectivity index (χ4v) is 2.25. The molecule has 2 aromatic rings. The highest BCUT2D eigenvalue weighted by Crippen LogP contribution is 2.23. The second-order valence-electron chi connectivity index (χ2n) is 5.15. The first-order valence-electron chi connectivity index (χ1n) is 7.43. The lowest BCUT2D eigenvalue weighted by atomic mass is 10.2. The third kappa shape index (κ3) is 5.22. The molecule has 0 heterocycles. The summed E-state index contributed by atoms with van der Waals surface area (Å²) in [7, 11) is 2.97. The third-order valence-electron chi connectivity index (χ3n) is 3.35. The van der Waals surface area contributed by atoms with Crippen molar-refractivity contribution >= 4 is 33.5 Å². The summed E-state index contributed by atoms with van der Waals surface area (Å²) in [6.07, 6.45) is -0.964. The summed E-state index contributed by atoms with van der Waals surface area (Å²) < 4.78 is 16.4. The molecule has 6 nitrogen and oxygen atoms in total. The minimum atomic E-state index is -0.964. The second-order valence-corrected chi connectivity index (χ2v) is 6.06. The van der Waals surface area contributed by atoms with E-state index in [9.17, 15) is 9.59 Å². The van der Waals surface area contributed by atoms with Crippen LogP contribution in [0.2, 0.25) is 0 Å². The maximum absolute atomic E-state index is 12.3. The van der Waals surface area contributed by atoms with Gasteiger partial charge in [0.1, 0.15) is 11.5 Å². The first kappa shape index (κ1) is 18.8. The number of rotatable bonds is 6. The number of benzene rings is 2. The predicted octanol–water partition coefficient (Wildman–Crippen LogP) is 3.65. The van der Waals surface area contributed by atoms with Crippen LogP contribution in [-0.2, 0) is 9.53 Å². The predicted molar refractivity (Wildman–Crippen MR) is 97.2 cm³/mol. The number of methoxy groups -OCH3 is 2. The lowest BCUT2D eigenvalue weighted by Gasteiger charge is -2.14. The van der Waals surface area contributed by atoms with Crippen LogP contribution in [0.4, 0.5) is 5.69 Å². The van der Waals surface area contributed by atoms with Crippen LogP contribution in [0.3, 0.4) is 0 Å². The summed E-state index contributed by atoms with van der Waals surface area (Å²) in [6, 6.07) is 11.8. The van der Waals surface area contributed by atoms with E-state index in [-0.39, 0.29) is 5.56 Å². The molecule has 0 spiro atoms. The summed E-state index contributed by atoms with van der Waals surface area (Å²) in [5.74, 6) is -0.155. The van der Waals surface area contributed by atoms with E-state index < -0.39 is 18.0 Å². The zero-order chi connectivity index (χ0) is 18.4. The van der Waals surface area contributed by atoms with Gasteiger partial charge < -0.3 is 19.5 Å². The largest absolute Gasteiger partial charge is 0.497 e. The summed E-state index contributed by atoms with van der Waals surface area (Å²) in [6.45, 7) is 1.50. The molecule has 1 N–H and O–H groups in total. The van der Waals surface area contributed by atoms with Crippen LogP contribution >= 0.6 is 15.9 Å². The lowest BCUT2D eigenvalue weighted by Crippen LogP contribution is -2.30. The van der Waals surface area contributed by atoms with Gasteiger partial charge in [-0.1, -0.05) is 15.9 Å². The van der Waals surface area contributed by atoms with Crippen LogP contribution in [0.25, 0.3) is 0 Å². The van der Waals surface area contributed by atoms with Gasteiger partial charge in [-0.05, 0) is 43.3 Å². The van der Waals surface area contributed by atoms with Gasteiger partial charge in [0.2, 0.25) is 0 Å². The molecule has 0 saturated carbocycles. The fourth-order valence-electron chi connectivity index (χ4n) is 1.98. The molecule has 1 amide bonds. The Labute approximate surface area is 154 Å². The molecule has 0 radical (unpaired) electrons. The Morgan fingerprint density at radius 1 is 1.00 bits per heavy atom. The topological polar surface area (TPSA) is 73.9 Å². The molecule has 132 valence electrons. The molecule has 1 atom stereocenters. The summed E-state index contributed by atoms with van der Waals surface area (Å²) in [5.41, 5.74) is 0.846. The number of hydrogen-bond acceptors (Lipinski definition) is 5. The van der Waals surface area contributed by atoms with E-state index in [1.807, 2.05) is 0 Å². The van der Waals surface area contributed by atoms with E-state index in [0.717, 1.165) is 4.47 Å². The summed E-state index contributed by atoms with van der Waals surface area (Å²) >= 11 is 3.32. The van der Waals surface area contributed by atoms with Gasteiger partial charge in [-0.2, -0.15) is 0 Å². The van der Waals surface area contributed by atoms with Crippen molar-refractivity contribution in [3.63, 3.8) is 0 Å². The minimum Gasteiger partial charge on any atom is -0.497 e. The van der Waals surface area contributed by atoms with Crippen molar-refractivity contribution in [2.75, 3.05) is 19.5 Å². The van der Waals surface area contributed by atoms with Crippen molar-refractivity contribution in [1.29, 1.82) is 0 Å². The van der Waals surface area contributed by atoms with Gasteiger partial charge in [-0.3, -0.25) is 4.79 Å². The summed E-state index contributed by atoms with van der Waals surface area (Å²) in [5, 5.41) is 2.68. The number of amides is 1. The number of anilines is 1. The molecule has 0 aliphatic heterocycles. The van der Waals surface area contributed by atoms with Gasteiger partial charge in [0, 0.05) is 16.2 Å². The van der Waals surface area contributed by atoms with Crippen molar-refractivity contribution in [2.24, 2.45) is 0 Å². The van der Waals surface area contributed by atoms with Crippen molar-refractivity contribution in [1.82, 2.24) is 0 Å². The van der Waals surface area contributed by atoms with Gasteiger partial charge in [0.25, 0.3) is 5.91 Å². The van der Waals surface area contributed by atoms with Gasteiger partial charge in [0.05, 0.1) is 19.8 Å². The van der Waals surface area contributed by atoms with Crippen LogP contribution in [0.1, 0.15) is 17.3 Å². The van der Waals surface area contributed by atoms with E-state index >= 15 is 0 Å². The molecule has 2 aromatic carbocycles. The van der Waals surface area contributed by atoms with Crippen molar-refractivity contribution < 1.29 is 23.8 Å². The van der Waals surface area contributed by atoms with E-state index in [0.29, 0.717) is 17.2 Å². The molecule has 0 fully saturated rings. The molecule has 0 aliphatic carbocycles. The smallest absolute Gasteiger partial charge is 0.339 e. The van der Waals surface area contributed by atoms with Crippen LogP contribution < -0.4 is 14.8 Å². The highest BCUT2D eigenvalue weighted by molar-refractivity contribution is 9.10. The first-order valence-corrected chi connectivity index (χ1v) is 8.22. The quantitative estimate of drug-likeness (QED) is 0.739. The first-order chi connectivity index (χ1) is 11.9. The Hall–Kier alpha value is -2.54. The molecule has 0 unspecified atom stereocenters. The molecule has 0 saturated heterocycles. The molecule has 7 heteroatoms. The molecule has 0 aliphatic rings. The molecule has 25 heavy (non-hydrogen) atoms. The Morgan fingerprint density at radius 2 is 1.56 bits per heavy atom. The molecule has 0 aromatic heterocycles. The van der Waals surface area contributed by atoms with E-state index in [1.165, 1.54) is 33.3 Å². The number of carbonyl (C=O) groups excluding carboxylic acids is 2. The maximum Gasteiger partial charge on any atom is 0.339 e. The van der Waals surface area contributed by atoms with Crippen LogP contribution in [0.15, 0.2) is 46.9 Å². The SMILES string of the molecule is COc1cc(OC)cc(C(=O)O[C@@H](C)C(=O)Nc2ccc(Br)cc2)c1. The van der Waals surface area contributed by atoms with Gasteiger partial charge in [-0.25, -0.2) is 4.79 Å². The lowest BCUT2D eigenvalue weighted by molar-refractivity contribution is -0.123. The van der Waals surface area contributed by atoms with Crippen LogP contribution in [-0.4, -0.2) is 32.2 Å².